The minimum absolute atomic E-state index is 0.0162. The van der Waals surface area contributed by atoms with E-state index in [4.69, 9.17) is 9.98 Å². The van der Waals surface area contributed by atoms with Gasteiger partial charge in [0.05, 0.1) is 17.6 Å². The molecule has 1 N–H and O–H groups in total. The number of hydrogen-bond donors (Lipinski definition) is 1. The smallest absolute Gasteiger partial charge is 0.175 e. The first-order valence-corrected chi connectivity index (χ1v) is 9.70. The fourth-order valence-corrected chi connectivity index (χ4v) is 3.80. The molecule has 0 amide bonds. The molecule has 2 unspecified atom stereocenters. The van der Waals surface area contributed by atoms with Gasteiger partial charge in [-0.1, -0.05) is 57.2 Å². The van der Waals surface area contributed by atoms with E-state index < -0.39 is 5.66 Å². The minimum Gasteiger partial charge on any atom is -0.362 e. The van der Waals surface area contributed by atoms with E-state index >= 15 is 0 Å². The molecule has 28 heavy (non-hydrogen) atoms. The van der Waals surface area contributed by atoms with E-state index in [0.717, 1.165) is 23.5 Å². The zero-order valence-electron chi connectivity index (χ0n) is 16.9. The van der Waals surface area contributed by atoms with Crippen LogP contribution in [-0.2, 0) is 6.42 Å². The Hall–Kier alpha value is -2.95. The van der Waals surface area contributed by atoms with Crippen molar-refractivity contribution in [2.24, 2.45) is 15.4 Å². The fourth-order valence-electron chi connectivity index (χ4n) is 3.80. The molecule has 144 valence electrons. The molecule has 1 aromatic carbocycles. The molecular formula is C23H27N5. The van der Waals surface area contributed by atoms with Crippen LogP contribution in [-0.4, -0.2) is 34.3 Å². The number of benzene rings is 1. The van der Waals surface area contributed by atoms with Crippen molar-refractivity contribution >= 4 is 18.3 Å². The normalized spacial score (nSPS) is 23.8. The molecule has 1 aromatic heterocycles. The third-order valence-electron chi connectivity index (χ3n) is 5.21. The molecule has 2 atom stereocenters. The highest BCUT2D eigenvalue weighted by molar-refractivity contribution is 5.86. The van der Waals surface area contributed by atoms with Gasteiger partial charge in [0.15, 0.2) is 5.66 Å². The summed E-state index contributed by atoms with van der Waals surface area (Å²) in [6.45, 7) is 8.74. The van der Waals surface area contributed by atoms with E-state index in [1.807, 2.05) is 37.4 Å². The predicted molar refractivity (Wildman–Crippen MR) is 115 cm³/mol. The largest absolute Gasteiger partial charge is 0.362 e. The zero-order valence-corrected chi connectivity index (χ0v) is 16.9. The molecule has 0 bridgehead atoms. The van der Waals surface area contributed by atoms with Crippen LogP contribution in [0.5, 0.6) is 0 Å². The molecule has 0 spiro atoms. The summed E-state index contributed by atoms with van der Waals surface area (Å²) in [6, 6.07) is 16.6. The molecule has 0 aliphatic carbocycles. The molecule has 0 radical (unpaired) electrons. The Morgan fingerprint density at radius 1 is 1.07 bits per heavy atom. The maximum Gasteiger partial charge on any atom is 0.175 e. The zero-order chi connectivity index (χ0) is 19.8. The molecule has 0 saturated heterocycles. The van der Waals surface area contributed by atoms with Gasteiger partial charge in [-0.3, -0.25) is 4.98 Å². The highest BCUT2D eigenvalue weighted by atomic mass is 15.4. The first-order chi connectivity index (χ1) is 13.4. The van der Waals surface area contributed by atoms with Crippen LogP contribution in [0.2, 0.25) is 0 Å². The lowest BCUT2D eigenvalue weighted by atomic mass is 9.89. The lowest BCUT2D eigenvalue weighted by Gasteiger charge is -2.43. The highest BCUT2D eigenvalue weighted by Gasteiger charge is 2.46. The van der Waals surface area contributed by atoms with Gasteiger partial charge in [-0.15, -0.1) is 0 Å². The molecule has 0 fully saturated rings. The summed E-state index contributed by atoms with van der Waals surface area (Å²) in [5.74, 6) is 0. The molecule has 2 aromatic rings. The Morgan fingerprint density at radius 2 is 1.86 bits per heavy atom. The van der Waals surface area contributed by atoms with Crippen LogP contribution in [0.15, 0.2) is 64.7 Å². The van der Waals surface area contributed by atoms with Crippen LogP contribution < -0.4 is 5.32 Å². The molecule has 4 rings (SSSR count). The highest BCUT2D eigenvalue weighted by Crippen LogP contribution is 2.37. The topological polar surface area (TPSA) is 52.9 Å². The van der Waals surface area contributed by atoms with E-state index in [1.54, 1.807) is 6.34 Å². The van der Waals surface area contributed by atoms with E-state index in [2.05, 4.69) is 66.4 Å². The number of nitrogens with one attached hydrogen (secondary N) is 1. The average Bonchev–Trinajstić information content (AvgIpc) is 3.30. The van der Waals surface area contributed by atoms with Crippen LogP contribution in [0.3, 0.4) is 0 Å². The molecule has 5 nitrogen and oxygen atoms in total. The quantitative estimate of drug-likeness (QED) is 0.881. The first kappa shape index (κ1) is 18.4. The van der Waals surface area contributed by atoms with Crippen molar-refractivity contribution in [2.75, 3.05) is 0 Å². The number of rotatable bonds is 4. The van der Waals surface area contributed by atoms with Crippen LogP contribution in [0.4, 0.5) is 0 Å². The summed E-state index contributed by atoms with van der Waals surface area (Å²) < 4.78 is 0. The molecule has 2 aliphatic heterocycles. The number of aliphatic imine (C=N–C) groups is 2. The maximum atomic E-state index is 4.83. The Morgan fingerprint density at radius 3 is 2.50 bits per heavy atom. The van der Waals surface area contributed by atoms with Gasteiger partial charge in [-0.2, -0.15) is 0 Å². The third-order valence-corrected chi connectivity index (χ3v) is 5.21. The van der Waals surface area contributed by atoms with Crippen molar-refractivity contribution in [1.29, 1.82) is 0 Å². The lowest BCUT2D eigenvalue weighted by Crippen LogP contribution is -2.57. The summed E-state index contributed by atoms with van der Waals surface area (Å²) in [5.41, 5.74) is 3.65. The van der Waals surface area contributed by atoms with E-state index in [1.165, 1.54) is 5.56 Å². The molecular weight excluding hydrogens is 346 g/mol. The summed E-state index contributed by atoms with van der Waals surface area (Å²) in [4.78, 5) is 16.2. The van der Waals surface area contributed by atoms with Gasteiger partial charge in [0, 0.05) is 23.7 Å². The number of aromatic nitrogens is 1. The van der Waals surface area contributed by atoms with Crippen molar-refractivity contribution in [2.45, 2.75) is 45.9 Å². The number of nitrogens with zero attached hydrogens (tertiary/aromatic N) is 4. The lowest BCUT2D eigenvalue weighted by molar-refractivity contribution is 0.0861. The van der Waals surface area contributed by atoms with E-state index in [9.17, 15) is 0 Å². The van der Waals surface area contributed by atoms with Crippen molar-refractivity contribution in [1.82, 2.24) is 15.2 Å². The second-order valence-electron chi connectivity index (χ2n) is 8.59. The average molecular weight is 374 g/mol. The van der Waals surface area contributed by atoms with Crippen molar-refractivity contribution in [3.63, 3.8) is 0 Å². The van der Waals surface area contributed by atoms with Gasteiger partial charge in [0.2, 0.25) is 0 Å². The van der Waals surface area contributed by atoms with Crippen LogP contribution in [0.25, 0.3) is 5.70 Å². The van der Waals surface area contributed by atoms with Gasteiger partial charge in [0.25, 0.3) is 0 Å². The van der Waals surface area contributed by atoms with Gasteiger partial charge in [0.1, 0.15) is 12.5 Å². The third kappa shape index (κ3) is 3.44. The fraction of sp³-hybridized carbons (Fsp3) is 0.348. The van der Waals surface area contributed by atoms with Crippen LogP contribution >= 0.6 is 0 Å². The SMILES string of the molecule is Cc1cccc(C2=CN(C3(Cc4ccccc4)C=NC=N3)C(C(C)(C)C)N2)n1. The maximum absolute atomic E-state index is 4.83. The van der Waals surface area contributed by atoms with E-state index in [-0.39, 0.29) is 11.6 Å². The minimum atomic E-state index is -0.544. The Balaban J connectivity index is 1.76. The summed E-state index contributed by atoms with van der Waals surface area (Å²) in [5, 5.41) is 3.70. The van der Waals surface area contributed by atoms with Crippen molar-refractivity contribution in [3.8, 4) is 0 Å². The second-order valence-corrected chi connectivity index (χ2v) is 8.59. The summed E-state index contributed by atoms with van der Waals surface area (Å²) >= 11 is 0. The van der Waals surface area contributed by atoms with Gasteiger partial charge in [-0.05, 0) is 24.6 Å². The number of aryl methyl sites for hydroxylation is 1. The van der Waals surface area contributed by atoms with Crippen LogP contribution in [0.1, 0.15) is 37.7 Å². The molecule has 5 heteroatoms. The first-order valence-electron chi connectivity index (χ1n) is 9.70. The van der Waals surface area contributed by atoms with Crippen LogP contribution in [0, 0.1) is 12.3 Å². The number of pyridine rings is 1. The Kier molecular flexibility index (Phi) is 4.53. The second kappa shape index (κ2) is 6.89. The molecule has 0 saturated carbocycles. The van der Waals surface area contributed by atoms with Gasteiger partial charge >= 0.3 is 0 Å². The van der Waals surface area contributed by atoms with Crippen molar-refractivity contribution in [3.05, 3.63) is 71.7 Å². The monoisotopic (exact) mass is 373 g/mol. The summed E-state index contributed by atoms with van der Waals surface area (Å²) in [7, 11) is 0. The van der Waals surface area contributed by atoms with Gasteiger partial charge < -0.3 is 10.2 Å². The Bertz CT molecular complexity index is 925. The predicted octanol–water partition coefficient (Wildman–Crippen LogP) is 4.02. The van der Waals surface area contributed by atoms with E-state index in [0.29, 0.717) is 0 Å². The standard InChI is InChI=1S/C23H27N5/c1-17-9-8-12-19(26-17)20-14-28(21(27-20)22(2,3)4)23(15-24-16-25-23)13-18-10-6-5-7-11-18/h5-12,14-16,21,27H,13H2,1-4H3. The summed E-state index contributed by atoms with van der Waals surface area (Å²) in [6.07, 6.45) is 6.61. The molecule has 3 heterocycles. The number of hydrogen-bond acceptors (Lipinski definition) is 5. The molecule has 2 aliphatic rings. The Labute approximate surface area is 166 Å². The van der Waals surface area contributed by atoms with Crippen molar-refractivity contribution < 1.29 is 0 Å². The van der Waals surface area contributed by atoms with Gasteiger partial charge in [-0.25, -0.2) is 9.98 Å².